The van der Waals surface area contributed by atoms with Crippen molar-refractivity contribution >= 4 is 5.97 Å². The number of aromatic nitrogens is 2. The number of nitriles is 1. The smallest absolute Gasteiger partial charge is 0.354 e. The maximum atomic E-state index is 10.7. The van der Waals surface area contributed by atoms with Gasteiger partial charge in [-0.25, -0.2) is 14.8 Å². The van der Waals surface area contributed by atoms with Crippen LogP contribution in [0.1, 0.15) is 79.7 Å². The van der Waals surface area contributed by atoms with E-state index in [-0.39, 0.29) is 24.8 Å². The van der Waals surface area contributed by atoms with E-state index in [4.69, 9.17) is 20.6 Å². The molecule has 0 spiro atoms. The normalized spacial score (nSPS) is 10.6. The summed E-state index contributed by atoms with van der Waals surface area (Å²) in [4.78, 5) is 18.4. The number of carboxylic acid groups (broad SMARTS) is 1. The van der Waals surface area contributed by atoms with Gasteiger partial charge in [0.15, 0.2) is 0 Å². The molecule has 3 N–H and O–H groups in total. The Labute approximate surface area is 197 Å². The van der Waals surface area contributed by atoms with Crippen LogP contribution in [-0.2, 0) is 12.8 Å². The van der Waals surface area contributed by atoms with Gasteiger partial charge in [0.1, 0.15) is 17.5 Å². The Bertz CT molecular complexity index is 859. The lowest BCUT2D eigenvalue weighted by atomic mass is 9.95. The number of carbonyl (C=O) groups is 1. The molecule has 2 aromatic rings. The number of carboxylic acids is 1. The second kappa shape index (κ2) is 16.8. The van der Waals surface area contributed by atoms with Crippen LogP contribution < -0.4 is 0 Å². The van der Waals surface area contributed by atoms with E-state index in [2.05, 4.69) is 29.9 Å². The van der Waals surface area contributed by atoms with Crippen molar-refractivity contribution in [3.8, 4) is 6.07 Å². The molecule has 2 rings (SSSR count). The first-order valence-electron chi connectivity index (χ1n) is 11.7. The highest BCUT2D eigenvalue weighted by molar-refractivity contribution is 5.85. The van der Waals surface area contributed by atoms with Crippen LogP contribution in [0.3, 0.4) is 0 Å². The third-order valence-corrected chi connectivity index (χ3v) is 5.81. The summed E-state index contributed by atoms with van der Waals surface area (Å²) in [5.74, 6) is -0.261. The van der Waals surface area contributed by atoms with E-state index in [1.54, 1.807) is 18.3 Å². The predicted octanol–water partition coefficient (Wildman–Crippen LogP) is 4.42. The van der Waals surface area contributed by atoms with E-state index in [0.717, 1.165) is 37.2 Å². The van der Waals surface area contributed by atoms with Crippen LogP contribution in [0, 0.1) is 23.2 Å². The summed E-state index contributed by atoms with van der Waals surface area (Å²) in [5, 5.41) is 35.3. The number of rotatable bonds is 13. The zero-order valence-corrected chi connectivity index (χ0v) is 19.8. The molecular formula is C26H37N3O4. The number of nitrogens with zero attached hydrogens (tertiary/aromatic N) is 3. The van der Waals surface area contributed by atoms with Crippen molar-refractivity contribution in [2.45, 2.75) is 65.2 Å². The van der Waals surface area contributed by atoms with Crippen molar-refractivity contribution in [3.05, 3.63) is 59.2 Å². The SMILES string of the molecule is CCC(CC)CCCc1ccnc(C#N)c1.O=C(O)c1cc(CCCC(CO)CO)ccn1. The summed E-state index contributed by atoms with van der Waals surface area (Å²) < 4.78 is 0. The lowest BCUT2D eigenvalue weighted by Crippen LogP contribution is -2.11. The fourth-order valence-electron chi connectivity index (χ4n) is 3.56. The Hall–Kier alpha value is -2.82. The van der Waals surface area contributed by atoms with Crippen LogP contribution in [0.15, 0.2) is 36.7 Å². The van der Waals surface area contributed by atoms with Gasteiger partial charge in [0.25, 0.3) is 0 Å². The lowest BCUT2D eigenvalue weighted by molar-refractivity contribution is 0.0690. The molecule has 0 amide bonds. The molecule has 33 heavy (non-hydrogen) atoms. The fourth-order valence-corrected chi connectivity index (χ4v) is 3.56. The molecule has 0 aliphatic heterocycles. The fraction of sp³-hybridized carbons (Fsp3) is 0.538. The largest absolute Gasteiger partial charge is 0.477 e. The summed E-state index contributed by atoms with van der Waals surface area (Å²) in [6.45, 7) is 4.48. The van der Waals surface area contributed by atoms with E-state index in [9.17, 15) is 4.79 Å². The summed E-state index contributed by atoms with van der Waals surface area (Å²) in [5.41, 5.74) is 2.72. The van der Waals surface area contributed by atoms with Gasteiger partial charge in [0, 0.05) is 31.5 Å². The van der Waals surface area contributed by atoms with Crippen molar-refractivity contribution < 1.29 is 20.1 Å². The van der Waals surface area contributed by atoms with Crippen LogP contribution in [0.2, 0.25) is 0 Å². The number of aryl methyl sites for hydroxylation is 2. The van der Waals surface area contributed by atoms with Gasteiger partial charge < -0.3 is 15.3 Å². The number of aliphatic hydroxyl groups is 2. The maximum Gasteiger partial charge on any atom is 0.354 e. The third kappa shape index (κ3) is 11.6. The summed E-state index contributed by atoms with van der Waals surface area (Å²) >= 11 is 0. The minimum absolute atomic E-state index is 0.0206. The molecule has 0 aliphatic rings. The van der Waals surface area contributed by atoms with Crippen LogP contribution in [0.5, 0.6) is 0 Å². The van der Waals surface area contributed by atoms with Crippen molar-refractivity contribution in [1.82, 2.24) is 9.97 Å². The standard InChI is InChI=1S/C14H20N2.C12H17NO4/c1-3-12(4-2)6-5-7-13-8-9-16-14(10-13)11-15;14-7-10(8-15)3-1-2-9-4-5-13-11(6-9)12(16)17/h8-10,12H,3-7H2,1-2H3;4-6,10,14-15H,1-3,7-8H2,(H,16,17). The van der Waals surface area contributed by atoms with E-state index in [0.29, 0.717) is 5.69 Å². The molecule has 0 unspecified atom stereocenters. The first kappa shape index (κ1) is 28.2. The quantitative estimate of drug-likeness (QED) is 0.408. The van der Waals surface area contributed by atoms with Gasteiger partial charge >= 0.3 is 5.97 Å². The van der Waals surface area contributed by atoms with Gasteiger partial charge in [-0.2, -0.15) is 5.26 Å². The molecule has 0 aliphatic carbocycles. The van der Waals surface area contributed by atoms with Crippen LogP contribution in [0.25, 0.3) is 0 Å². The molecule has 0 saturated carbocycles. The Morgan fingerprint density at radius 2 is 1.48 bits per heavy atom. The molecule has 0 atom stereocenters. The topological polar surface area (TPSA) is 127 Å². The Balaban J connectivity index is 0.000000331. The molecule has 2 heterocycles. The average Bonchev–Trinajstić information content (AvgIpc) is 2.85. The van der Waals surface area contributed by atoms with Gasteiger partial charge in [-0.1, -0.05) is 33.1 Å². The molecule has 0 bridgehead atoms. The van der Waals surface area contributed by atoms with Gasteiger partial charge in [0.2, 0.25) is 0 Å². The van der Waals surface area contributed by atoms with E-state index >= 15 is 0 Å². The number of aliphatic hydroxyl groups excluding tert-OH is 2. The number of hydrogen-bond donors (Lipinski definition) is 3. The van der Waals surface area contributed by atoms with Crippen molar-refractivity contribution in [3.63, 3.8) is 0 Å². The van der Waals surface area contributed by atoms with Gasteiger partial charge in [-0.3, -0.25) is 0 Å². The molecule has 0 saturated heterocycles. The Morgan fingerprint density at radius 3 is 2.00 bits per heavy atom. The first-order valence-corrected chi connectivity index (χ1v) is 11.7. The van der Waals surface area contributed by atoms with Gasteiger partial charge in [0.05, 0.1) is 0 Å². The average molecular weight is 456 g/mol. The van der Waals surface area contributed by atoms with Crippen molar-refractivity contribution in [2.24, 2.45) is 11.8 Å². The van der Waals surface area contributed by atoms with Crippen LogP contribution >= 0.6 is 0 Å². The monoisotopic (exact) mass is 455 g/mol. The molecule has 0 radical (unpaired) electrons. The Kier molecular flexibility index (Phi) is 14.3. The van der Waals surface area contributed by atoms with E-state index < -0.39 is 5.97 Å². The molecule has 180 valence electrons. The first-order chi connectivity index (χ1) is 16.0. The number of pyridine rings is 2. The zero-order chi connectivity index (χ0) is 24.5. The highest BCUT2D eigenvalue weighted by Gasteiger charge is 2.08. The lowest BCUT2D eigenvalue weighted by Gasteiger charge is -2.11. The molecule has 7 nitrogen and oxygen atoms in total. The van der Waals surface area contributed by atoms with Crippen LogP contribution in [-0.4, -0.2) is 44.5 Å². The summed E-state index contributed by atoms with van der Waals surface area (Å²) in [7, 11) is 0. The minimum atomic E-state index is -1.03. The second-order valence-electron chi connectivity index (χ2n) is 8.21. The Morgan fingerprint density at radius 1 is 0.939 bits per heavy atom. The summed E-state index contributed by atoms with van der Waals surface area (Å²) in [6, 6.07) is 9.31. The van der Waals surface area contributed by atoms with Gasteiger partial charge in [-0.15, -0.1) is 0 Å². The van der Waals surface area contributed by atoms with Crippen molar-refractivity contribution in [2.75, 3.05) is 13.2 Å². The predicted molar refractivity (Wildman–Crippen MR) is 128 cm³/mol. The van der Waals surface area contributed by atoms with E-state index in [1.165, 1.54) is 37.4 Å². The highest BCUT2D eigenvalue weighted by atomic mass is 16.4. The molecular weight excluding hydrogens is 418 g/mol. The molecule has 0 fully saturated rings. The molecule has 7 heteroatoms. The number of hydrogen-bond acceptors (Lipinski definition) is 6. The highest BCUT2D eigenvalue weighted by Crippen LogP contribution is 2.17. The maximum absolute atomic E-state index is 10.7. The zero-order valence-electron chi connectivity index (χ0n) is 19.8. The second-order valence-corrected chi connectivity index (χ2v) is 8.21. The minimum Gasteiger partial charge on any atom is -0.477 e. The van der Waals surface area contributed by atoms with Gasteiger partial charge in [-0.05, 0) is 73.4 Å². The molecule has 2 aromatic heterocycles. The summed E-state index contributed by atoms with van der Waals surface area (Å²) in [6.07, 6.45) is 11.6. The van der Waals surface area contributed by atoms with Crippen molar-refractivity contribution in [1.29, 1.82) is 5.26 Å². The molecule has 0 aromatic carbocycles. The number of aromatic carboxylic acids is 1. The van der Waals surface area contributed by atoms with Crippen LogP contribution in [0.4, 0.5) is 0 Å². The van der Waals surface area contributed by atoms with E-state index in [1.807, 2.05) is 12.1 Å². The third-order valence-electron chi connectivity index (χ3n) is 5.81.